The van der Waals surface area contributed by atoms with Gasteiger partial charge in [0.1, 0.15) is 11.9 Å². The number of pyridine rings is 1. The van der Waals surface area contributed by atoms with Crippen molar-refractivity contribution in [1.29, 1.82) is 0 Å². The van der Waals surface area contributed by atoms with Crippen LogP contribution in [0, 0.1) is 0 Å². The molecule has 1 fully saturated rings. The van der Waals surface area contributed by atoms with Gasteiger partial charge in [0.25, 0.3) is 0 Å². The average Bonchev–Trinajstić information content (AvgIpc) is 2.64. The van der Waals surface area contributed by atoms with E-state index in [-0.39, 0.29) is 0 Å². The minimum atomic E-state index is 0.316. The quantitative estimate of drug-likeness (QED) is 0.718. The molecular formula is C21H22N2O. The van der Waals surface area contributed by atoms with Crippen LogP contribution in [0.3, 0.4) is 0 Å². The highest BCUT2D eigenvalue weighted by molar-refractivity contribution is 5.82. The van der Waals surface area contributed by atoms with Crippen LogP contribution < -0.4 is 4.74 Å². The van der Waals surface area contributed by atoms with Crippen molar-refractivity contribution in [2.24, 2.45) is 0 Å². The molecular weight excluding hydrogens is 296 g/mol. The highest BCUT2D eigenvalue weighted by Gasteiger charge is 2.20. The Hall–Kier alpha value is -2.39. The number of benzene rings is 2. The summed E-state index contributed by atoms with van der Waals surface area (Å²) in [4.78, 5) is 6.67. The van der Waals surface area contributed by atoms with E-state index in [1.54, 1.807) is 0 Å². The molecule has 1 saturated heterocycles. The Morgan fingerprint density at radius 3 is 2.62 bits per heavy atom. The van der Waals surface area contributed by atoms with Gasteiger partial charge < -0.3 is 4.74 Å². The fraction of sp³-hybridized carbons (Fsp3) is 0.286. The summed E-state index contributed by atoms with van der Waals surface area (Å²) in [7, 11) is 0. The van der Waals surface area contributed by atoms with Crippen molar-refractivity contribution in [3.05, 3.63) is 72.6 Å². The topological polar surface area (TPSA) is 25.4 Å². The molecule has 0 bridgehead atoms. The van der Waals surface area contributed by atoms with E-state index in [1.807, 2.05) is 18.5 Å². The van der Waals surface area contributed by atoms with Gasteiger partial charge in [-0.2, -0.15) is 0 Å². The lowest BCUT2D eigenvalue weighted by molar-refractivity contribution is 0.0969. The van der Waals surface area contributed by atoms with Gasteiger partial charge in [-0.05, 0) is 48.1 Å². The molecule has 0 radical (unpaired) electrons. The highest BCUT2D eigenvalue weighted by Crippen LogP contribution is 2.24. The maximum Gasteiger partial charge on any atom is 0.120 e. The van der Waals surface area contributed by atoms with Crippen LogP contribution in [-0.2, 0) is 6.54 Å². The molecule has 0 amide bonds. The Kier molecular flexibility index (Phi) is 4.43. The van der Waals surface area contributed by atoms with Gasteiger partial charge in [-0.3, -0.25) is 9.88 Å². The zero-order chi connectivity index (χ0) is 16.2. The fourth-order valence-electron chi connectivity index (χ4n) is 3.35. The average molecular weight is 318 g/mol. The SMILES string of the molecule is c1ccc(CN2CCC(Oc3ccc4cnccc4c3)CC2)cc1. The van der Waals surface area contributed by atoms with Crippen LogP contribution in [0.1, 0.15) is 18.4 Å². The number of nitrogens with zero attached hydrogens (tertiary/aromatic N) is 2. The van der Waals surface area contributed by atoms with Gasteiger partial charge in [-0.1, -0.05) is 30.3 Å². The first-order valence-electron chi connectivity index (χ1n) is 8.63. The maximum absolute atomic E-state index is 6.21. The first-order valence-corrected chi connectivity index (χ1v) is 8.63. The van der Waals surface area contributed by atoms with E-state index in [4.69, 9.17) is 4.74 Å². The van der Waals surface area contributed by atoms with Crippen LogP contribution in [-0.4, -0.2) is 29.1 Å². The Bertz CT molecular complexity index is 795. The van der Waals surface area contributed by atoms with E-state index < -0.39 is 0 Å². The molecule has 1 aromatic heterocycles. The molecule has 0 atom stereocenters. The van der Waals surface area contributed by atoms with Crippen molar-refractivity contribution >= 4 is 10.8 Å². The smallest absolute Gasteiger partial charge is 0.120 e. The molecule has 0 saturated carbocycles. The Morgan fingerprint density at radius 2 is 1.79 bits per heavy atom. The first kappa shape index (κ1) is 15.2. The highest BCUT2D eigenvalue weighted by atomic mass is 16.5. The summed E-state index contributed by atoms with van der Waals surface area (Å²) in [6.45, 7) is 3.23. The summed E-state index contributed by atoms with van der Waals surface area (Å²) in [5.74, 6) is 0.968. The van der Waals surface area contributed by atoms with Crippen LogP contribution in [0.2, 0.25) is 0 Å². The van der Waals surface area contributed by atoms with Gasteiger partial charge in [0.05, 0.1) is 0 Å². The molecule has 122 valence electrons. The number of hydrogen-bond acceptors (Lipinski definition) is 3. The molecule has 24 heavy (non-hydrogen) atoms. The van der Waals surface area contributed by atoms with Crippen molar-refractivity contribution in [1.82, 2.24) is 9.88 Å². The number of aromatic nitrogens is 1. The van der Waals surface area contributed by atoms with Crippen LogP contribution >= 0.6 is 0 Å². The third-order valence-corrected chi connectivity index (χ3v) is 4.70. The molecule has 2 heterocycles. The molecule has 3 aromatic rings. The molecule has 0 N–H and O–H groups in total. The standard InChI is InChI=1S/C21H22N2O/c1-2-4-17(5-3-1)16-23-12-9-20(10-13-23)24-21-7-6-19-15-22-11-8-18(19)14-21/h1-8,11,14-15,20H,9-10,12-13,16H2. The molecule has 1 aliphatic rings. The van der Waals surface area contributed by atoms with E-state index in [0.29, 0.717) is 6.10 Å². The summed E-state index contributed by atoms with van der Waals surface area (Å²) in [5.41, 5.74) is 1.39. The second kappa shape index (κ2) is 7.02. The molecule has 2 aromatic carbocycles. The number of likely N-dealkylation sites (tertiary alicyclic amines) is 1. The predicted molar refractivity (Wildman–Crippen MR) is 97.1 cm³/mol. The van der Waals surface area contributed by atoms with Crippen LogP contribution in [0.25, 0.3) is 10.8 Å². The summed E-state index contributed by atoms with van der Waals surface area (Å²) >= 11 is 0. The third-order valence-electron chi connectivity index (χ3n) is 4.70. The molecule has 1 aliphatic heterocycles. The summed E-state index contributed by atoms with van der Waals surface area (Å²) in [6, 6.07) is 19.0. The van der Waals surface area contributed by atoms with Gasteiger partial charge >= 0.3 is 0 Å². The number of ether oxygens (including phenoxy) is 1. The number of hydrogen-bond donors (Lipinski definition) is 0. The van der Waals surface area contributed by atoms with Gasteiger partial charge in [0, 0.05) is 37.4 Å². The Morgan fingerprint density at radius 1 is 0.958 bits per heavy atom. The van der Waals surface area contributed by atoms with Crippen LogP contribution in [0.15, 0.2) is 67.0 Å². The lowest BCUT2D eigenvalue weighted by atomic mass is 10.1. The largest absolute Gasteiger partial charge is 0.490 e. The monoisotopic (exact) mass is 318 g/mol. The van der Waals surface area contributed by atoms with Crippen LogP contribution in [0.5, 0.6) is 5.75 Å². The van der Waals surface area contributed by atoms with E-state index in [0.717, 1.165) is 43.6 Å². The maximum atomic E-state index is 6.21. The van der Waals surface area contributed by atoms with E-state index in [2.05, 4.69) is 58.4 Å². The van der Waals surface area contributed by atoms with E-state index in [9.17, 15) is 0 Å². The summed E-state index contributed by atoms with van der Waals surface area (Å²) in [5, 5.41) is 2.34. The first-order chi connectivity index (χ1) is 11.9. The van der Waals surface area contributed by atoms with E-state index in [1.165, 1.54) is 10.9 Å². The Balaban J connectivity index is 1.34. The number of rotatable bonds is 4. The molecule has 0 unspecified atom stereocenters. The third kappa shape index (κ3) is 3.57. The Labute approximate surface area is 142 Å². The van der Waals surface area contributed by atoms with Crippen molar-refractivity contribution in [3.63, 3.8) is 0 Å². The summed E-state index contributed by atoms with van der Waals surface area (Å²) in [6.07, 6.45) is 6.20. The van der Waals surface area contributed by atoms with E-state index >= 15 is 0 Å². The van der Waals surface area contributed by atoms with Gasteiger partial charge in [-0.15, -0.1) is 0 Å². The molecule has 3 nitrogen and oxygen atoms in total. The fourth-order valence-corrected chi connectivity index (χ4v) is 3.35. The normalized spacial score (nSPS) is 16.3. The van der Waals surface area contributed by atoms with Crippen LogP contribution in [0.4, 0.5) is 0 Å². The van der Waals surface area contributed by atoms with Gasteiger partial charge in [0.2, 0.25) is 0 Å². The van der Waals surface area contributed by atoms with Crippen molar-refractivity contribution in [2.45, 2.75) is 25.5 Å². The van der Waals surface area contributed by atoms with Gasteiger partial charge in [-0.25, -0.2) is 0 Å². The van der Waals surface area contributed by atoms with Gasteiger partial charge in [0.15, 0.2) is 0 Å². The lowest BCUT2D eigenvalue weighted by Crippen LogP contribution is -2.37. The summed E-state index contributed by atoms with van der Waals surface area (Å²) < 4.78 is 6.21. The molecule has 3 heteroatoms. The van der Waals surface area contributed by atoms with Crippen molar-refractivity contribution in [2.75, 3.05) is 13.1 Å². The molecule has 0 aliphatic carbocycles. The lowest BCUT2D eigenvalue weighted by Gasteiger charge is -2.32. The van der Waals surface area contributed by atoms with Crippen molar-refractivity contribution < 1.29 is 4.74 Å². The molecule has 0 spiro atoms. The predicted octanol–water partition coefficient (Wildman–Crippen LogP) is 4.28. The minimum absolute atomic E-state index is 0.316. The second-order valence-electron chi connectivity index (χ2n) is 6.46. The molecule has 4 rings (SSSR count). The second-order valence-corrected chi connectivity index (χ2v) is 6.46. The zero-order valence-electron chi connectivity index (χ0n) is 13.8. The minimum Gasteiger partial charge on any atom is -0.490 e. The number of piperidine rings is 1. The van der Waals surface area contributed by atoms with Crippen molar-refractivity contribution in [3.8, 4) is 5.75 Å². The number of fused-ring (bicyclic) bond motifs is 1. The zero-order valence-corrected chi connectivity index (χ0v) is 13.8.